The Balaban J connectivity index is 3.09. The third-order valence-corrected chi connectivity index (χ3v) is 4.52. The fourth-order valence-corrected chi connectivity index (χ4v) is 2.75. The Morgan fingerprint density at radius 3 is 2.50 bits per heavy atom. The van der Waals surface area contributed by atoms with Crippen molar-refractivity contribution < 1.29 is 8.42 Å². The van der Waals surface area contributed by atoms with Crippen molar-refractivity contribution in [3.8, 4) is 0 Å². The predicted octanol–water partition coefficient (Wildman–Crippen LogP) is 2.28. The predicted molar refractivity (Wildman–Crippen MR) is 65.9 cm³/mol. The molecule has 1 aromatic carbocycles. The van der Waals surface area contributed by atoms with Gasteiger partial charge < -0.3 is 0 Å². The zero-order chi connectivity index (χ0) is 12.2. The molecule has 0 aliphatic heterocycles. The Kier molecular flexibility index (Phi) is 4.50. The molecule has 1 rings (SSSR count). The van der Waals surface area contributed by atoms with Crippen LogP contribution in [0.1, 0.15) is 25.8 Å². The average molecular weight is 241 g/mol. The van der Waals surface area contributed by atoms with Crippen LogP contribution in [0, 0.1) is 0 Å². The van der Waals surface area contributed by atoms with Crippen LogP contribution in [0.3, 0.4) is 0 Å². The maximum Gasteiger partial charge on any atom is 0.242 e. The molecule has 3 nitrogen and oxygen atoms in total. The van der Waals surface area contributed by atoms with Crippen molar-refractivity contribution in [3.63, 3.8) is 0 Å². The largest absolute Gasteiger partial charge is 0.242 e. The maximum absolute atomic E-state index is 12.0. The van der Waals surface area contributed by atoms with E-state index in [0.717, 1.165) is 18.4 Å². The minimum absolute atomic E-state index is 0.391. The molecule has 0 aliphatic carbocycles. The van der Waals surface area contributed by atoms with Crippen LogP contribution < -0.4 is 0 Å². The van der Waals surface area contributed by atoms with Crippen molar-refractivity contribution in [2.75, 3.05) is 13.6 Å². The van der Waals surface area contributed by atoms with E-state index in [-0.39, 0.29) is 0 Å². The third kappa shape index (κ3) is 2.83. The Morgan fingerprint density at radius 2 is 1.94 bits per heavy atom. The summed E-state index contributed by atoms with van der Waals surface area (Å²) in [6.07, 6.45) is 1.94. The number of benzene rings is 1. The highest BCUT2D eigenvalue weighted by atomic mass is 32.2. The number of sulfonamides is 1. The van der Waals surface area contributed by atoms with E-state index >= 15 is 0 Å². The summed E-state index contributed by atoms with van der Waals surface area (Å²) in [4.78, 5) is 0.391. The molecule has 0 unspecified atom stereocenters. The first kappa shape index (κ1) is 13.2. The summed E-state index contributed by atoms with van der Waals surface area (Å²) < 4.78 is 25.5. The van der Waals surface area contributed by atoms with Gasteiger partial charge in [0.25, 0.3) is 0 Å². The zero-order valence-corrected chi connectivity index (χ0v) is 10.9. The Bertz CT molecular complexity index is 440. The standard InChI is InChI=1S/C12H19NO2S/c1-4-7-11-8-6-9-12(10-11)16(14,15)13(3)5-2/h6,8-10H,4-5,7H2,1-3H3. The highest BCUT2D eigenvalue weighted by Crippen LogP contribution is 2.16. The number of nitrogens with zero attached hydrogens (tertiary/aromatic N) is 1. The van der Waals surface area contributed by atoms with Gasteiger partial charge >= 0.3 is 0 Å². The highest BCUT2D eigenvalue weighted by molar-refractivity contribution is 7.89. The van der Waals surface area contributed by atoms with Crippen LogP contribution in [0.4, 0.5) is 0 Å². The number of aryl methyl sites for hydroxylation is 1. The van der Waals surface area contributed by atoms with E-state index in [1.54, 1.807) is 25.2 Å². The van der Waals surface area contributed by atoms with Crippen molar-refractivity contribution in [2.24, 2.45) is 0 Å². The molecular formula is C12H19NO2S. The minimum Gasteiger partial charge on any atom is -0.207 e. The summed E-state index contributed by atoms with van der Waals surface area (Å²) in [7, 11) is -1.70. The first-order valence-electron chi connectivity index (χ1n) is 5.57. The normalized spacial score (nSPS) is 12.0. The summed E-state index contributed by atoms with van der Waals surface area (Å²) in [6.45, 7) is 4.40. The van der Waals surface area contributed by atoms with Gasteiger partial charge in [-0.3, -0.25) is 0 Å². The van der Waals surface area contributed by atoms with E-state index in [0.29, 0.717) is 11.4 Å². The molecule has 0 atom stereocenters. The summed E-state index contributed by atoms with van der Waals surface area (Å²) in [6, 6.07) is 7.20. The van der Waals surface area contributed by atoms with E-state index in [4.69, 9.17) is 0 Å². The van der Waals surface area contributed by atoms with Gasteiger partial charge in [-0.25, -0.2) is 12.7 Å². The third-order valence-electron chi connectivity index (χ3n) is 2.59. The highest BCUT2D eigenvalue weighted by Gasteiger charge is 2.18. The Labute approximate surface area is 98.1 Å². The fourth-order valence-electron chi connectivity index (χ4n) is 1.50. The molecule has 0 spiro atoms. The van der Waals surface area contributed by atoms with E-state index in [1.165, 1.54) is 4.31 Å². The lowest BCUT2D eigenvalue weighted by atomic mass is 10.1. The SMILES string of the molecule is CCCc1cccc(S(=O)(=O)N(C)CC)c1. The summed E-state index contributed by atoms with van der Waals surface area (Å²) in [5, 5.41) is 0. The van der Waals surface area contributed by atoms with Crippen LogP contribution in [0.2, 0.25) is 0 Å². The van der Waals surface area contributed by atoms with Crippen LogP contribution in [0.25, 0.3) is 0 Å². The van der Waals surface area contributed by atoms with Crippen molar-refractivity contribution in [2.45, 2.75) is 31.6 Å². The smallest absolute Gasteiger partial charge is 0.207 e. The fraction of sp³-hybridized carbons (Fsp3) is 0.500. The number of rotatable bonds is 5. The van der Waals surface area contributed by atoms with Crippen molar-refractivity contribution in [3.05, 3.63) is 29.8 Å². The van der Waals surface area contributed by atoms with Gasteiger partial charge in [-0.05, 0) is 24.1 Å². The van der Waals surface area contributed by atoms with Gasteiger partial charge in [0.15, 0.2) is 0 Å². The molecular weight excluding hydrogens is 222 g/mol. The van der Waals surface area contributed by atoms with E-state index in [2.05, 4.69) is 6.92 Å². The molecule has 0 aliphatic rings. The second kappa shape index (κ2) is 5.46. The molecule has 16 heavy (non-hydrogen) atoms. The van der Waals surface area contributed by atoms with Gasteiger partial charge in [-0.15, -0.1) is 0 Å². The Morgan fingerprint density at radius 1 is 1.25 bits per heavy atom. The lowest BCUT2D eigenvalue weighted by Crippen LogP contribution is -2.26. The lowest BCUT2D eigenvalue weighted by Gasteiger charge is -2.15. The second-order valence-electron chi connectivity index (χ2n) is 3.82. The summed E-state index contributed by atoms with van der Waals surface area (Å²) in [5.41, 5.74) is 1.08. The minimum atomic E-state index is -3.30. The van der Waals surface area contributed by atoms with Crippen molar-refractivity contribution >= 4 is 10.0 Å². The van der Waals surface area contributed by atoms with Crippen LogP contribution in [0.5, 0.6) is 0 Å². The van der Waals surface area contributed by atoms with E-state index in [1.807, 2.05) is 13.0 Å². The molecule has 0 saturated heterocycles. The quantitative estimate of drug-likeness (QED) is 0.793. The second-order valence-corrected chi connectivity index (χ2v) is 5.86. The first-order valence-corrected chi connectivity index (χ1v) is 7.01. The molecule has 0 heterocycles. The molecule has 0 saturated carbocycles. The van der Waals surface area contributed by atoms with Gasteiger partial charge in [0.1, 0.15) is 0 Å². The number of hydrogen-bond acceptors (Lipinski definition) is 2. The van der Waals surface area contributed by atoms with Gasteiger partial charge in [-0.1, -0.05) is 32.4 Å². The van der Waals surface area contributed by atoms with Gasteiger partial charge in [-0.2, -0.15) is 0 Å². The molecule has 4 heteroatoms. The van der Waals surface area contributed by atoms with Crippen LogP contribution in [-0.4, -0.2) is 26.3 Å². The van der Waals surface area contributed by atoms with Crippen LogP contribution in [-0.2, 0) is 16.4 Å². The summed E-state index contributed by atoms with van der Waals surface area (Å²) >= 11 is 0. The molecule has 0 amide bonds. The van der Waals surface area contributed by atoms with E-state index < -0.39 is 10.0 Å². The van der Waals surface area contributed by atoms with Gasteiger partial charge in [0.05, 0.1) is 4.90 Å². The van der Waals surface area contributed by atoms with E-state index in [9.17, 15) is 8.42 Å². The first-order chi connectivity index (χ1) is 7.52. The molecule has 0 aromatic heterocycles. The van der Waals surface area contributed by atoms with Gasteiger partial charge in [0, 0.05) is 13.6 Å². The molecule has 90 valence electrons. The lowest BCUT2D eigenvalue weighted by molar-refractivity contribution is 0.486. The average Bonchev–Trinajstić information content (AvgIpc) is 2.28. The van der Waals surface area contributed by atoms with Crippen LogP contribution >= 0.6 is 0 Å². The molecule has 1 aromatic rings. The van der Waals surface area contributed by atoms with Crippen molar-refractivity contribution in [1.82, 2.24) is 4.31 Å². The zero-order valence-electron chi connectivity index (χ0n) is 10.1. The molecule has 0 bridgehead atoms. The van der Waals surface area contributed by atoms with Crippen LogP contribution in [0.15, 0.2) is 29.2 Å². The maximum atomic E-state index is 12.0. The molecule has 0 N–H and O–H groups in total. The van der Waals surface area contributed by atoms with Gasteiger partial charge in [0.2, 0.25) is 10.0 Å². The molecule has 0 radical (unpaired) electrons. The summed E-state index contributed by atoms with van der Waals surface area (Å²) in [5.74, 6) is 0. The van der Waals surface area contributed by atoms with Crippen molar-refractivity contribution in [1.29, 1.82) is 0 Å². The Hall–Kier alpha value is -0.870. The topological polar surface area (TPSA) is 37.4 Å². The molecule has 0 fully saturated rings. The number of hydrogen-bond donors (Lipinski definition) is 0. The monoisotopic (exact) mass is 241 g/mol.